The summed E-state index contributed by atoms with van der Waals surface area (Å²) in [4.78, 5) is 0. The maximum absolute atomic E-state index is 13.3. The zero-order valence-electron chi connectivity index (χ0n) is 10.5. The second-order valence-corrected chi connectivity index (χ2v) is 5.66. The summed E-state index contributed by atoms with van der Waals surface area (Å²) < 4.78 is 14.2. The first kappa shape index (κ1) is 14.5. The molecule has 0 aliphatic heterocycles. The average Bonchev–Trinajstić information content (AvgIpc) is 2.38. The van der Waals surface area contributed by atoms with Gasteiger partial charge in [0.25, 0.3) is 0 Å². The van der Waals surface area contributed by atoms with E-state index in [0.717, 1.165) is 15.6 Å². The van der Waals surface area contributed by atoms with Gasteiger partial charge in [-0.15, -0.1) is 0 Å². The SMILES string of the molecule is CNC(Cc1ccc(Br)cc1Cl)c1cccc(F)c1. The van der Waals surface area contributed by atoms with Gasteiger partial charge in [-0.05, 0) is 48.9 Å². The lowest BCUT2D eigenvalue weighted by Crippen LogP contribution is -2.19. The third-order valence-corrected chi connectivity index (χ3v) is 3.88. The standard InChI is InChI=1S/C15H14BrClFN/c1-19-15(11-3-2-4-13(18)7-11)8-10-5-6-12(16)9-14(10)17/h2-7,9,15,19H,8H2,1H3. The molecule has 0 radical (unpaired) electrons. The Morgan fingerprint density at radius 1 is 1.26 bits per heavy atom. The summed E-state index contributed by atoms with van der Waals surface area (Å²) in [6.45, 7) is 0. The maximum atomic E-state index is 13.3. The molecular weight excluding hydrogens is 329 g/mol. The highest BCUT2D eigenvalue weighted by Gasteiger charge is 2.12. The van der Waals surface area contributed by atoms with Crippen LogP contribution in [0.3, 0.4) is 0 Å². The molecule has 0 saturated carbocycles. The number of likely N-dealkylation sites (N-methyl/N-ethyl adjacent to an activating group) is 1. The van der Waals surface area contributed by atoms with E-state index in [-0.39, 0.29) is 11.9 Å². The Hall–Kier alpha value is -0.900. The Morgan fingerprint density at radius 3 is 2.68 bits per heavy atom. The van der Waals surface area contributed by atoms with E-state index in [1.807, 2.05) is 31.3 Å². The third kappa shape index (κ3) is 3.78. The van der Waals surface area contributed by atoms with Crippen LogP contribution >= 0.6 is 27.5 Å². The molecule has 19 heavy (non-hydrogen) atoms. The second-order valence-electron chi connectivity index (χ2n) is 4.34. The molecule has 4 heteroatoms. The van der Waals surface area contributed by atoms with Crippen LogP contribution in [0.4, 0.5) is 4.39 Å². The fourth-order valence-corrected chi connectivity index (χ4v) is 2.77. The van der Waals surface area contributed by atoms with Crippen molar-refractivity contribution in [1.29, 1.82) is 0 Å². The fourth-order valence-electron chi connectivity index (χ4n) is 2.02. The Labute approximate surface area is 125 Å². The number of rotatable bonds is 4. The summed E-state index contributed by atoms with van der Waals surface area (Å²) in [7, 11) is 1.86. The second kappa shape index (κ2) is 6.51. The molecule has 0 fully saturated rings. The molecule has 0 heterocycles. The van der Waals surface area contributed by atoms with Crippen molar-refractivity contribution in [2.24, 2.45) is 0 Å². The molecule has 0 aromatic heterocycles. The zero-order chi connectivity index (χ0) is 13.8. The van der Waals surface area contributed by atoms with Gasteiger partial charge in [-0.1, -0.05) is 45.7 Å². The molecule has 1 unspecified atom stereocenters. The van der Waals surface area contributed by atoms with Crippen molar-refractivity contribution in [2.75, 3.05) is 7.05 Å². The van der Waals surface area contributed by atoms with Crippen molar-refractivity contribution in [2.45, 2.75) is 12.5 Å². The van der Waals surface area contributed by atoms with Gasteiger partial charge in [-0.3, -0.25) is 0 Å². The molecular formula is C15H14BrClFN. The Kier molecular flexibility index (Phi) is 4.97. The molecule has 0 aliphatic rings. The van der Waals surface area contributed by atoms with Crippen LogP contribution in [-0.2, 0) is 6.42 Å². The van der Waals surface area contributed by atoms with Gasteiger partial charge < -0.3 is 5.32 Å². The van der Waals surface area contributed by atoms with E-state index in [0.29, 0.717) is 11.4 Å². The molecule has 0 amide bonds. The van der Waals surface area contributed by atoms with Gasteiger partial charge in [0.15, 0.2) is 0 Å². The van der Waals surface area contributed by atoms with Crippen molar-refractivity contribution in [3.63, 3.8) is 0 Å². The average molecular weight is 343 g/mol. The molecule has 0 spiro atoms. The van der Waals surface area contributed by atoms with Crippen molar-refractivity contribution in [3.05, 3.63) is 68.9 Å². The number of nitrogens with one attached hydrogen (secondary N) is 1. The summed E-state index contributed by atoms with van der Waals surface area (Å²) in [5.74, 6) is -0.223. The van der Waals surface area contributed by atoms with Gasteiger partial charge in [0, 0.05) is 15.5 Å². The fraction of sp³-hybridized carbons (Fsp3) is 0.200. The number of benzene rings is 2. The van der Waals surface area contributed by atoms with Gasteiger partial charge in [-0.2, -0.15) is 0 Å². The summed E-state index contributed by atoms with van der Waals surface area (Å²) in [6, 6.07) is 12.5. The first-order valence-corrected chi connectivity index (χ1v) is 7.14. The minimum absolute atomic E-state index is 0.0365. The van der Waals surface area contributed by atoms with E-state index in [1.54, 1.807) is 12.1 Å². The molecule has 1 N–H and O–H groups in total. The summed E-state index contributed by atoms with van der Waals surface area (Å²) >= 11 is 9.60. The third-order valence-electron chi connectivity index (χ3n) is 3.04. The van der Waals surface area contributed by atoms with Gasteiger partial charge in [0.2, 0.25) is 0 Å². The van der Waals surface area contributed by atoms with E-state index in [4.69, 9.17) is 11.6 Å². The van der Waals surface area contributed by atoms with E-state index < -0.39 is 0 Å². The van der Waals surface area contributed by atoms with Crippen molar-refractivity contribution in [1.82, 2.24) is 5.32 Å². The highest BCUT2D eigenvalue weighted by Crippen LogP contribution is 2.26. The summed E-state index contributed by atoms with van der Waals surface area (Å²) in [5.41, 5.74) is 1.95. The number of hydrogen-bond donors (Lipinski definition) is 1. The van der Waals surface area contributed by atoms with E-state index in [9.17, 15) is 4.39 Å². The van der Waals surface area contributed by atoms with E-state index in [2.05, 4.69) is 21.2 Å². The lowest BCUT2D eigenvalue weighted by molar-refractivity contribution is 0.577. The summed E-state index contributed by atoms with van der Waals surface area (Å²) in [6.07, 6.45) is 0.714. The van der Waals surface area contributed by atoms with Crippen LogP contribution in [0, 0.1) is 5.82 Å². The quantitative estimate of drug-likeness (QED) is 0.846. The van der Waals surface area contributed by atoms with Crippen LogP contribution in [0.1, 0.15) is 17.2 Å². The predicted octanol–water partition coefficient (Wildman–Crippen LogP) is 4.74. The van der Waals surface area contributed by atoms with Gasteiger partial charge in [0.1, 0.15) is 5.82 Å². The topological polar surface area (TPSA) is 12.0 Å². The van der Waals surface area contributed by atoms with Gasteiger partial charge in [-0.25, -0.2) is 4.39 Å². The van der Waals surface area contributed by atoms with Crippen LogP contribution in [-0.4, -0.2) is 7.05 Å². The van der Waals surface area contributed by atoms with E-state index in [1.165, 1.54) is 6.07 Å². The molecule has 1 atom stereocenters. The highest BCUT2D eigenvalue weighted by atomic mass is 79.9. The molecule has 2 aromatic rings. The zero-order valence-corrected chi connectivity index (χ0v) is 12.8. The molecule has 0 bridgehead atoms. The van der Waals surface area contributed by atoms with Crippen LogP contribution < -0.4 is 5.32 Å². The Morgan fingerprint density at radius 2 is 2.05 bits per heavy atom. The normalized spacial score (nSPS) is 12.4. The first-order valence-electron chi connectivity index (χ1n) is 5.97. The van der Waals surface area contributed by atoms with Crippen LogP contribution in [0.25, 0.3) is 0 Å². The van der Waals surface area contributed by atoms with Gasteiger partial charge >= 0.3 is 0 Å². The molecule has 0 saturated heterocycles. The molecule has 2 aromatic carbocycles. The van der Waals surface area contributed by atoms with Crippen LogP contribution in [0.5, 0.6) is 0 Å². The van der Waals surface area contributed by atoms with Crippen molar-refractivity contribution >= 4 is 27.5 Å². The van der Waals surface area contributed by atoms with Crippen molar-refractivity contribution < 1.29 is 4.39 Å². The maximum Gasteiger partial charge on any atom is 0.123 e. The largest absolute Gasteiger partial charge is 0.313 e. The minimum atomic E-state index is -0.223. The first-order chi connectivity index (χ1) is 9.10. The van der Waals surface area contributed by atoms with E-state index >= 15 is 0 Å². The predicted molar refractivity (Wildman–Crippen MR) is 81.1 cm³/mol. The van der Waals surface area contributed by atoms with Crippen molar-refractivity contribution in [3.8, 4) is 0 Å². The lowest BCUT2D eigenvalue weighted by atomic mass is 9.99. The molecule has 0 aliphatic carbocycles. The number of halogens is 3. The van der Waals surface area contributed by atoms with Crippen LogP contribution in [0.15, 0.2) is 46.9 Å². The van der Waals surface area contributed by atoms with Crippen LogP contribution in [0.2, 0.25) is 5.02 Å². The lowest BCUT2D eigenvalue weighted by Gasteiger charge is -2.17. The summed E-state index contributed by atoms with van der Waals surface area (Å²) in [5, 5.41) is 3.91. The molecule has 1 nitrogen and oxygen atoms in total. The monoisotopic (exact) mass is 341 g/mol. The Balaban J connectivity index is 2.24. The molecule has 2 rings (SSSR count). The Bertz CT molecular complexity index is 574. The number of hydrogen-bond acceptors (Lipinski definition) is 1. The minimum Gasteiger partial charge on any atom is -0.313 e. The molecule has 100 valence electrons. The highest BCUT2D eigenvalue weighted by molar-refractivity contribution is 9.10. The van der Waals surface area contributed by atoms with Gasteiger partial charge in [0.05, 0.1) is 0 Å². The smallest absolute Gasteiger partial charge is 0.123 e.